The van der Waals surface area contributed by atoms with Gasteiger partial charge in [-0.3, -0.25) is 0 Å². The highest BCUT2D eigenvalue weighted by Gasteiger charge is 2.22. The monoisotopic (exact) mass is 228 g/mol. The molecule has 12 heavy (non-hydrogen) atoms. The summed E-state index contributed by atoms with van der Waals surface area (Å²) in [7, 11) is 1.65. The fraction of sp³-hybridized carbons (Fsp3) is 0.333. The Labute approximate surface area is 79.6 Å². The van der Waals surface area contributed by atoms with Gasteiger partial charge in [-0.15, -0.1) is 0 Å². The number of hydrogen-bond donors (Lipinski definition) is 0. The molecule has 0 fully saturated rings. The van der Waals surface area contributed by atoms with Crippen molar-refractivity contribution in [1.29, 1.82) is 0 Å². The van der Waals surface area contributed by atoms with Gasteiger partial charge >= 0.3 is 0 Å². The maximum absolute atomic E-state index is 5.38. The predicted octanol–water partition coefficient (Wildman–Crippen LogP) is 2.62. The first kappa shape index (κ1) is 8.23. The van der Waals surface area contributed by atoms with Gasteiger partial charge in [0.15, 0.2) is 6.29 Å². The first-order valence-corrected chi connectivity index (χ1v) is 4.53. The second kappa shape index (κ2) is 3.17. The molecule has 0 amide bonds. The Bertz CT molecular complexity index is 299. The minimum absolute atomic E-state index is 0.183. The van der Waals surface area contributed by atoms with Gasteiger partial charge in [-0.05, 0) is 17.7 Å². The molecule has 1 heterocycles. The first-order chi connectivity index (χ1) is 5.81. The van der Waals surface area contributed by atoms with E-state index in [1.165, 1.54) is 5.56 Å². The quantitative estimate of drug-likeness (QED) is 0.736. The molecule has 1 atom stereocenters. The Morgan fingerprint density at radius 1 is 1.58 bits per heavy atom. The SMILES string of the molecule is CO[C@H]1OCc2ccc(Br)cc21. The molecular formula is C9H9BrO2. The van der Waals surface area contributed by atoms with Crippen LogP contribution in [-0.4, -0.2) is 7.11 Å². The summed E-state index contributed by atoms with van der Waals surface area (Å²) in [4.78, 5) is 0. The third kappa shape index (κ3) is 1.28. The molecule has 64 valence electrons. The van der Waals surface area contributed by atoms with Crippen molar-refractivity contribution in [2.75, 3.05) is 7.11 Å². The molecule has 2 nitrogen and oxygen atoms in total. The van der Waals surface area contributed by atoms with E-state index in [0.717, 1.165) is 10.0 Å². The minimum atomic E-state index is -0.183. The smallest absolute Gasteiger partial charge is 0.184 e. The van der Waals surface area contributed by atoms with Crippen molar-refractivity contribution in [3.8, 4) is 0 Å². The van der Waals surface area contributed by atoms with Crippen molar-refractivity contribution >= 4 is 15.9 Å². The normalized spacial score (nSPS) is 21.0. The molecular weight excluding hydrogens is 220 g/mol. The van der Waals surface area contributed by atoms with Crippen molar-refractivity contribution < 1.29 is 9.47 Å². The number of methoxy groups -OCH3 is 1. The van der Waals surface area contributed by atoms with Gasteiger partial charge in [-0.25, -0.2) is 0 Å². The van der Waals surface area contributed by atoms with Crippen LogP contribution < -0.4 is 0 Å². The Balaban J connectivity index is 2.42. The number of hydrogen-bond acceptors (Lipinski definition) is 2. The van der Waals surface area contributed by atoms with Crippen molar-refractivity contribution in [2.24, 2.45) is 0 Å². The van der Waals surface area contributed by atoms with E-state index in [1.54, 1.807) is 7.11 Å². The molecule has 1 aromatic carbocycles. The van der Waals surface area contributed by atoms with E-state index in [1.807, 2.05) is 12.1 Å². The molecule has 3 heteroatoms. The Morgan fingerprint density at radius 2 is 2.42 bits per heavy atom. The van der Waals surface area contributed by atoms with E-state index in [9.17, 15) is 0 Å². The maximum Gasteiger partial charge on any atom is 0.184 e. The summed E-state index contributed by atoms with van der Waals surface area (Å²) in [6, 6.07) is 6.11. The molecule has 0 aromatic heterocycles. The third-order valence-corrected chi connectivity index (χ3v) is 2.46. The number of benzene rings is 1. The highest BCUT2D eigenvalue weighted by molar-refractivity contribution is 9.10. The van der Waals surface area contributed by atoms with Gasteiger partial charge in [0.1, 0.15) is 0 Å². The summed E-state index contributed by atoms with van der Waals surface area (Å²) in [6.45, 7) is 0.654. The zero-order valence-corrected chi connectivity index (χ0v) is 8.30. The first-order valence-electron chi connectivity index (χ1n) is 3.74. The second-order valence-electron chi connectivity index (χ2n) is 2.72. The average molecular weight is 229 g/mol. The van der Waals surface area contributed by atoms with Crippen LogP contribution >= 0.6 is 15.9 Å². The third-order valence-electron chi connectivity index (χ3n) is 1.97. The van der Waals surface area contributed by atoms with Crippen molar-refractivity contribution in [3.63, 3.8) is 0 Å². The zero-order chi connectivity index (χ0) is 8.55. The van der Waals surface area contributed by atoms with Gasteiger partial charge in [0.25, 0.3) is 0 Å². The summed E-state index contributed by atoms with van der Waals surface area (Å²) in [6.07, 6.45) is -0.183. The minimum Gasteiger partial charge on any atom is -0.352 e. The Hall–Kier alpha value is -0.380. The maximum atomic E-state index is 5.38. The standard InChI is InChI=1S/C9H9BrO2/c1-11-9-8-4-7(10)3-2-6(8)5-12-9/h2-4,9H,5H2,1H3/t9-/m0/s1. The Kier molecular flexibility index (Phi) is 2.17. The molecule has 0 saturated carbocycles. The van der Waals surface area contributed by atoms with Crippen LogP contribution in [0.1, 0.15) is 17.4 Å². The number of rotatable bonds is 1. The van der Waals surface area contributed by atoms with Crippen LogP contribution in [0.2, 0.25) is 0 Å². The fourth-order valence-electron chi connectivity index (χ4n) is 1.37. The number of ether oxygens (including phenoxy) is 2. The lowest BCUT2D eigenvalue weighted by atomic mass is 10.1. The van der Waals surface area contributed by atoms with E-state index in [2.05, 4.69) is 22.0 Å². The van der Waals surface area contributed by atoms with E-state index in [-0.39, 0.29) is 6.29 Å². The van der Waals surface area contributed by atoms with Crippen LogP contribution in [0.15, 0.2) is 22.7 Å². The molecule has 0 saturated heterocycles. The van der Waals surface area contributed by atoms with Crippen LogP contribution in [0.4, 0.5) is 0 Å². The van der Waals surface area contributed by atoms with Gasteiger partial charge in [0.2, 0.25) is 0 Å². The van der Waals surface area contributed by atoms with E-state index in [0.29, 0.717) is 6.61 Å². The van der Waals surface area contributed by atoms with Crippen molar-refractivity contribution in [3.05, 3.63) is 33.8 Å². The van der Waals surface area contributed by atoms with Gasteiger partial charge < -0.3 is 9.47 Å². The zero-order valence-electron chi connectivity index (χ0n) is 6.71. The predicted molar refractivity (Wildman–Crippen MR) is 48.7 cm³/mol. The van der Waals surface area contributed by atoms with Crippen molar-refractivity contribution in [1.82, 2.24) is 0 Å². The van der Waals surface area contributed by atoms with Crippen LogP contribution in [0.3, 0.4) is 0 Å². The highest BCUT2D eigenvalue weighted by atomic mass is 79.9. The fourth-order valence-corrected chi connectivity index (χ4v) is 1.75. The van der Waals surface area contributed by atoms with Gasteiger partial charge in [-0.1, -0.05) is 22.0 Å². The van der Waals surface area contributed by atoms with Gasteiger partial charge in [-0.2, -0.15) is 0 Å². The molecule has 0 aliphatic carbocycles. The van der Waals surface area contributed by atoms with Crippen molar-refractivity contribution in [2.45, 2.75) is 12.9 Å². The van der Waals surface area contributed by atoms with E-state index in [4.69, 9.17) is 9.47 Å². The lowest BCUT2D eigenvalue weighted by Gasteiger charge is -2.07. The molecule has 0 unspecified atom stereocenters. The lowest BCUT2D eigenvalue weighted by Crippen LogP contribution is -1.97. The molecule has 0 bridgehead atoms. The lowest BCUT2D eigenvalue weighted by molar-refractivity contribution is -0.118. The highest BCUT2D eigenvalue weighted by Crippen LogP contribution is 2.32. The molecule has 0 radical (unpaired) electrons. The van der Waals surface area contributed by atoms with Crippen LogP contribution in [0, 0.1) is 0 Å². The summed E-state index contributed by atoms with van der Waals surface area (Å²) in [5.41, 5.74) is 2.34. The molecule has 1 aliphatic rings. The van der Waals surface area contributed by atoms with Gasteiger partial charge in [0, 0.05) is 17.1 Å². The molecule has 1 aromatic rings. The number of fused-ring (bicyclic) bond motifs is 1. The largest absolute Gasteiger partial charge is 0.352 e. The summed E-state index contributed by atoms with van der Waals surface area (Å²) >= 11 is 3.41. The van der Waals surface area contributed by atoms with Crippen LogP contribution in [-0.2, 0) is 16.1 Å². The van der Waals surface area contributed by atoms with Gasteiger partial charge in [0.05, 0.1) is 6.61 Å². The molecule has 0 spiro atoms. The van der Waals surface area contributed by atoms with Crippen LogP contribution in [0.5, 0.6) is 0 Å². The Morgan fingerprint density at radius 3 is 3.17 bits per heavy atom. The molecule has 2 rings (SSSR count). The van der Waals surface area contributed by atoms with Crippen LogP contribution in [0.25, 0.3) is 0 Å². The van der Waals surface area contributed by atoms with E-state index >= 15 is 0 Å². The second-order valence-corrected chi connectivity index (χ2v) is 3.64. The summed E-state index contributed by atoms with van der Waals surface area (Å²) in [5.74, 6) is 0. The molecule has 0 N–H and O–H groups in total. The van der Waals surface area contributed by atoms with E-state index < -0.39 is 0 Å². The number of halogens is 1. The summed E-state index contributed by atoms with van der Waals surface area (Å²) in [5, 5.41) is 0. The topological polar surface area (TPSA) is 18.5 Å². The average Bonchev–Trinajstić information content (AvgIpc) is 2.46. The molecule has 1 aliphatic heterocycles. The summed E-state index contributed by atoms with van der Waals surface area (Å²) < 4.78 is 11.6.